The lowest BCUT2D eigenvalue weighted by atomic mass is 10.1. The van der Waals surface area contributed by atoms with Gasteiger partial charge in [0, 0.05) is 0 Å². The zero-order chi connectivity index (χ0) is 13.9. The van der Waals surface area contributed by atoms with Crippen LogP contribution in [0.4, 0.5) is 0 Å². The van der Waals surface area contributed by atoms with Gasteiger partial charge in [-0.3, -0.25) is 0 Å². The van der Waals surface area contributed by atoms with Gasteiger partial charge in [0.05, 0.1) is 11.5 Å². The third-order valence-electron chi connectivity index (χ3n) is 2.60. The van der Waals surface area contributed by atoms with Gasteiger partial charge >= 0.3 is 5.97 Å². The molecule has 0 saturated carbocycles. The first kappa shape index (κ1) is 13.2. The number of benzene rings is 1. The van der Waals surface area contributed by atoms with Crippen molar-refractivity contribution in [1.29, 1.82) is 0 Å². The van der Waals surface area contributed by atoms with Gasteiger partial charge < -0.3 is 14.6 Å². The van der Waals surface area contributed by atoms with Crippen LogP contribution in [0, 0.1) is 0 Å². The predicted molar refractivity (Wildman–Crippen MR) is 68.4 cm³/mol. The summed E-state index contributed by atoms with van der Waals surface area (Å²) in [7, 11) is 0. The van der Waals surface area contributed by atoms with E-state index in [1.165, 1.54) is 13.8 Å². The number of hydrogen-bond donors (Lipinski definition) is 0. The van der Waals surface area contributed by atoms with Crippen molar-refractivity contribution in [2.24, 2.45) is 0 Å². The van der Waals surface area contributed by atoms with Crippen molar-refractivity contribution >= 4 is 12.0 Å². The van der Waals surface area contributed by atoms with E-state index in [-0.39, 0.29) is 12.0 Å². The van der Waals surface area contributed by atoms with Crippen LogP contribution in [0.1, 0.15) is 25.8 Å². The molecule has 19 heavy (non-hydrogen) atoms. The van der Waals surface area contributed by atoms with Gasteiger partial charge in [-0.2, -0.15) is 0 Å². The minimum atomic E-state index is -1.18. The zero-order valence-electron chi connectivity index (χ0n) is 10.9. The molecule has 0 saturated heterocycles. The summed E-state index contributed by atoms with van der Waals surface area (Å²) in [4.78, 5) is 11.7. The Hall–Kier alpha value is -2.23. The van der Waals surface area contributed by atoms with Crippen LogP contribution in [-0.4, -0.2) is 11.8 Å². The molecule has 0 aromatic heterocycles. The maximum absolute atomic E-state index is 11.7. The number of ether oxygens (including phenoxy) is 2. The number of cyclic esters (lactones) is 1. The summed E-state index contributed by atoms with van der Waals surface area (Å²) in [6.07, 6.45) is 3.78. The number of esters is 1. The van der Waals surface area contributed by atoms with Crippen molar-refractivity contribution in [3.63, 3.8) is 0 Å². The first-order valence-corrected chi connectivity index (χ1v) is 6.02. The molecule has 2 rings (SSSR count). The van der Waals surface area contributed by atoms with Crippen molar-refractivity contribution in [3.8, 4) is 0 Å². The smallest absolute Gasteiger partial charge is 0.337 e. The Bertz CT molecular complexity index is 526. The molecule has 0 fully saturated rings. The third-order valence-corrected chi connectivity index (χ3v) is 2.60. The van der Waals surface area contributed by atoms with Crippen LogP contribution in [-0.2, 0) is 14.3 Å². The van der Waals surface area contributed by atoms with E-state index in [2.05, 4.69) is 0 Å². The number of rotatable bonds is 3. The molecule has 0 spiro atoms. The van der Waals surface area contributed by atoms with Gasteiger partial charge in [0.1, 0.15) is 0 Å². The number of hydrogen-bond acceptors (Lipinski definition) is 4. The molecule has 4 heteroatoms. The van der Waals surface area contributed by atoms with Gasteiger partial charge in [-0.1, -0.05) is 42.5 Å². The maximum Gasteiger partial charge on any atom is 0.337 e. The highest BCUT2D eigenvalue weighted by atomic mass is 16.8. The lowest BCUT2D eigenvalue weighted by molar-refractivity contribution is -0.394. The van der Waals surface area contributed by atoms with E-state index in [0.29, 0.717) is 0 Å². The van der Waals surface area contributed by atoms with Crippen LogP contribution in [0.5, 0.6) is 0 Å². The van der Waals surface area contributed by atoms with E-state index < -0.39 is 17.7 Å². The molecule has 100 valence electrons. The molecule has 0 atom stereocenters. The van der Waals surface area contributed by atoms with Crippen molar-refractivity contribution in [3.05, 3.63) is 53.5 Å². The van der Waals surface area contributed by atoms with Gasteiger partial charge in [0.15, 0.2) is 5.79 Å². The maximum atomic E-state index is 11.7. The lowest BCUT2D eigenvalue weighted by Gasteiger charge is -2.39. The monoisotopic (exact) mass is 259 g/mol. The van der Waals surface area contributed by atoms with Crippen LogP contribution in [0.2, 0.25) is 0 Å². The van der Waals surface area contributed by atoms with Gasteiger partial charge in [0.2, 0.25) is 0 Å². The summed E-state index contributed by atoms with van der Waals surface area (Å²) in [5.74, 6) is -2.40. The highest BCUT2D eigenvalue weighted by Crippen LogP contribution is 2.25. The van der Waals surface area contributed by atoms with Crippen molar-refractivity contribution in [2.75, 3.05) is 0 Å². The number of carbonyl (C=O) groups excluding carboxylic acids is 1. The molecule has 1 heterocycles. The molecule has 0 radical (unpaired) electrons. The molecular weight excluding hydrogens is 244 g/mol. The fourth-order valence-corrected chi connectivity index (χ4v) is 1.72. The zero-order valence-corrected chi connectivity index (χ0v) is 10.9. The highest BCUT2D eigenvalue weighted by Gasteiger charge is 2.28. The molecule has 1 aromatic rings. The summed E-state index contributed by atoms with van der Waals surface area (Å²) in [6, 6.07) is 9.62. The molecule has 1 aliphatic heterocycles. The third kappa shape index (κ3) is 3.37. The fraction of sp³-hybridized carbons (Fsp3) is 0.267. The van der Waals surface area contributed by atoms with Crippen LogP contribution in [0.3, 0.4) is 0 Å². The summed E-state index contributed by atoms with van der Waals surface area (Å²) in [5, 5.41) is 11.7. The van der Waals surface area contributed by atoms with E-state index in [0.717, 1.165) is 5.56 Å². The molecule has 1 aliphatic rings. The van der Waals surface area contributed by atoms with Gasteiger partial charge in [-0.05, 0) is 25.8 Å². The van der Waals surface area contributed by atoms with Crippen LogP contribution < -0.4 is 5.11 Å². The minimum Gasteiger partial charge on any atom is -0.575 e. The van der Waals surface area contributed by atoms with E-state index in [4.69, 9.17) is 9.47 Å². The van der Waals surface area contributed by atoms with Crippen molar-refractivity contribution in [1.82, 2.24) is 0 Å². The summed E-state index contributed by atoms with van der Waals surface area (Å²) in [5.41, 5.74) is 1.02. The van der Waals surface area contributed by atoms with E-state index in [9.17, 15) is 9.90 Å². The first-order chi connectivity index (χ1) is 8.98. The van der Waals surface area contributed by atoms with Crippen LogP contribution in [0.15, 0.2) is 47.9 Å². The lowest BCUT2D eigenvalue weighted by Crippen LogP contribution is -2.39. The predicted octanol–water partition coefficient (Wildman–Crippen LogP) is 1.97. The van der Waals surface area contributed by atoms with Gasteiger partial charge in [-0.25, -0.2) is 4.79 Å². The summed E-state index contributed by atoms with van der Waals surface area (Å²) >= 11 is 0. The second kappa shape index (κ2) is 5.18. The van der Waals surface area contributed by atoms with E-state index in [1.807, 2.05) is 36.4 Å². The Balaban J connectivity index is 2.07. The molecule has 0 bridgehead atoms. The normalized spacial score (nSPS) is 18.3. The van der Waals surface area contributed by atoms with E-state index >= 15 is 0 Å². The second-order valence-electron chi connectivity index (χ2n) is 4.67. The average Bonchev–Trinajstić information content (AvgIpc) is 2.32. The average molecular weight is 259 g/mol. The molecule has 0 unspecified atom stereocenters. The highest BCUT2D eigenvalue weighted by molar-refractivity contribution is 5.89. The Morgan fingerprint density at radius 1 is 1.21 bits per heavy atom. The van der Waals surface area contributed by atoms with Crippen LogP contribution >= 0.6 is 0 Å². The number of allylic oxidation sites excluding steroid dienone is 1. The van der Waals surface area contributed by atoms with Crippen LogP contribution in [0.25, 0.3) is 6.08 Å². The summed E-state index contributed by atoms with van der Waals surface area (Å²) < 4.78 is 10.0. The molecule has 0 N–H and O–H groups in total. The Morgan fingerprint density at radius 2 is 1.89 bits per heavy atom. The molecule has 4 nitrogen and oxygen atoms in total. The Kier molecular flexibility index (Phi) is 3.60. The largest absolute Gasteiger partial charge is 0.575 e. The standard InChI is InChI=1S/C15H16O4/c1-15(2)18-13(16)12(14(17)19-15)10-6-9-11-7-4-3-5-8-11/h3-9,16H,10H2,1-2H3/p-1/b9-6+. The quantitative estimate of drug-likeness (QED) is 0.779. The second-order valence-corrected chi connectivity index (χ2v) is 4.67. The summed E-state index contributed by atoms with van der Waals surface area (Å²) in [6.45, 7) is 3.05. The number of carbonyl (C=O) groups is 1. The first-order valence-electron chi connectivity index (χ1n) is 6.02. The molecule has 0 aliphatic carbocycles. The molecule has 0 amide bonds. The SMILES string of the molecule is CC1(C)OC(=O)C(C/C=C/c2ccccc2)=C([O-])O1. The molecule has 1 aromatic carbocycles. The Morgan fingerprint density at radius 3 is 2.53 bits per heavy atom. The Labute approximate surface area is 112 Å². The van der Waals surface area contributed by atoms with E-state index in [1.54, 1.807) is 6.08 Å². The minimum absolute atomic E-state index is 0.0199. The fourth-order valence-electron chi connectivity index (χ4n) is 1.72. The van der Waals surface area contributed by atoms with Crippen molar-refractivity contribution < 1.29 is 19.4 Å². The molecular formula is C15H15O4-. The topological polar surface area (TPSA) is 58.6 Å². The van der Waals surface area contributed by atoms with Gasteiger partial charge in [0.25, 0.3) is 0 Å². The van der Waals surface area contributed by atoms with Crippen molar-refractivity contribution in [2.45, 2.75) is 26.1 Å². The van der Waals surface area contributed by atoms with Gasteiger partial charge in [-0.15, -0.1) is 0 Å².